The molecule has 0 fully saturated rings. The molecule has 7 nitrogen and oxygen atoms in total. The molecule has 26 heavy (non-hydrogen) atoms. The largest absolute Gasteiger partial charge is 0.452 e. The van der Waals surface area contributed by atoms with Crippen LogP contribution in [0, 0.1) is 11.6 Å². The summed E-state index contributed by atoms with van der Waals surface area (Å²) in [5, 5.41) is 7.03. The molecule has 0 spiro atoms. The van der Waals surface area contributed by atoms with Crippen LogP contribution in [0.15, 0.2) is 45.8 Å². The molecule has 0 saturated heterocycles. The van der Waals surface area contributed by atoms with Crippen LogP contribution in [0.4, 0.5) is 14.5 Å². The molecule has 0 bridgehead atoms. The molecule has 3 N–H and O–H groups in total. The maximum Gasteiger partial charge on any atom is 0.339 e. The highest BCUT2D eigenvalue weighted by Gasteiger charge is 2.18. The second-order valence-corrected chi connectivity index (χ2v) is 7.35. The number of hydrogen-bond donors (Lipinski definition) is 2. The van der Waals surface area contributed by atoms with Crippen molar-refractivity contribution in [3.05, 3.63) is 58.1 Å². The van der Waals surface area contributed by atoms with Crippen molar-refractivity contribution in [2.45, 2.75) is 4.90 Å². The molecule has 2 aromatic carbocycles. The van der Waals surface area contributed by atoms with Crippen molar-refractivity contribution in [2.75, 3.05) is 11.9 Å². The maximum absolute atomic E-state index is 13.4. The Morgan fingerprint density at radius 1 is 1.15 bits per heavy atom. The van der Waals surface area contributed by atoms with E-state index in [4.69, 9.17) is 9.88 Å². The van der Waals surface area contributed by atoms with Gasteiger partial charge in [0.2, 0.25) is 10.0 Å². The average Bonchev–Trinajstić information content (AvgIpc) is 2.55. The number of hydrogen-bond acceptors (Lipinski definition) is 5. The SMILES string of the molecule is NS(=O)(=O)c1ccc(Br)c(C(=O)OCC(=O)Nc2cc(F)ccc2F)c1. The lowest BCUT2D eigenvalue weighted by Gasteiger charge is -2.09. The van der Waals surface area contributed by atoms with Crippen molar-refractivity contribution in [3.63, 3.8) is 0 Å². The van der Waals surface area contributed by atoms with Crippen LogP contribution in [-0.4, -0.2) is 26.9 Å². The lowest BCUT2D eigenvalue weighted by Crippen LogP contribution is -2.22. The number of halogens is 3. The van der Waals surface area contributed by atoms with Crippen molar-refractivity contribution in [1.29, 1.82) is 0 Å². The van der Waals surface area contributed by atoms with Gasteiger partial charge in [-0.2, -0.15) is 0 Å². The van der Waals surface area contributed by atoms with E-state index in [-0.39, 0.29) is 14.9 Å². The maximum atomic E-state index is 13.4. The molecule has 0 aliphatic carbocycles. The molecule has 0 aliphatic heterocycles. The van der Waals surface area contributed by atoms with Gasteiger partial charge >= 0.3 is 5.97 Å². The summed E-state index contributed by atoms with van der Waals surface area (Å²) in [4.78, 5) is 23.4. The Morgan fingerprint density at radius 2 is 1.85 bits per heavy atom. The number of carbonyl (C=O) groups excluding carboxylic acids is 2. The molecule has 0 aromatic heterocycles. The van der Waals surface area contributed by atoms with Gasteiger partial charge in [0.1, 0.15) is 11.6 Å². The van der Waals surface area contributed by atoms with Gasteiger partial charge in [0.15, 0.2) is 6.61 Å². The molecule has 0 heterocycles. The smallest absolute Gasteiger partial charge is 0.339 e. The Morgan fingerprint density at radius 3 is 2.50 bits per heavy atom. The molecule has 138 valence electrons. The molecule has 2 aromatic rings. The van der Waals surface area contributed by atoms with Crippen molar-refractivity contribution in [1.82, 2.24) is 0 Å². The first-order valence-corrected chi connectivity index (χ1v) is 9.16. The summed E-state index contributed by atoms with van der Waals surface area (Å²) in [5.41, 5.74) is -0.593. The van der Waals surface area contributed by atoms with E-state index in [0.717, 1.165) is 24.3 Å². The van der Waals surface area contributed by atoms with E-state index in [1.165, 1.54) is 12.1 Å². The predicted molar refractivity (Wildman–Crippen MR) is 90.8 cm³/mol. The number of anilines is 1. The number of sulfonamides is 1. The number of benzene rings is 2. The average molecular weight is 449 g/mol. The van der Waals surface area contributed by atoms with E-state index in [2.05, 4.69) is 15.9 Å². The van der Waals surface area contributed by atoms with Crippen LogP contribution in [0.3, 0.4) is 0 Å². The normalized spacial score (nSPS) is 11.1. The number of ether oxygens (including phenoxy) is 1. The second-order valence-electron chi connectivity index (χ2n) is 4.94. The number of nitrogens with one attached hydrogen (secondary N) is 1. The van der Waals surface area contributed by atoms with Crippen LogP contribution in [0.5, 0.6) is 0 Å². The third kappa shape index (κ3) is 5.07. The van der Waals surface area contributed by atoms with Gasteiger partial charge in [0.25, 0.3) is 5.91 Å². The van der Waals surface area contributed by atoms with Gasteiger partial charge in [-0.15, -0.1) is 0 Å². The van der Waals surface area contributed by atoms with Gasteiger partial charge < -0.3 is 10.1 Å². The third-order valence-electron chi connectivity index (χ3n) is 3.02. The van der Waals surface area contributed by atoms with E-state index >= 15 is 0 Å². The van der Waals surface area contributed by atoms with E-state index < -0.39 is 45.8 Å². The summed E-state index contributed by atoms with van der Waals surface area (Å²) in [6.07, 6.45) is 0. The Labute approximate surface area is 155 Å². The van der Waals surface area contributed by atoms with Gasteiger partial charge in [0.05, 0.1) is 16.1 Å². The predicted octanol–water partition coefficient (Wildman–Crippen LogP) is 2.17. The van der Waals surface area contributed by atoms with Gasteiger partial charge in [0, 0.05) is 10.5 Å². The van der Waals surface area contributed by atoms with Gasteiger partial charge in [-0.1, -0.05) is 0 Å². The number of amides is 1. The van der Waals surface area contributed by atoms with Crippen LogP contribution in [0.25, 0.3) is 0 Å². The summed E-state index contributed by atoms with van der Waals surface area (Å²) >= 11 is 3.05. The number of rotatable bonds is 5. The van der Waals surface area contributed by atoms with E-state index in [1.807, 2.05) is 5.32 Å². The summed E-state index contributed by atoms with van der Waals surface area (Å²) in [5.74, 6) is -3.56. The van der Waals surface area contributed by atoms with E-state index in [9.17, 15) is 26.8 Å². The Hall–Kier alpha value is -2.37. The van der Waals surface area contributed by atoms with Crippen LogP contribution in [0.2, 0.25) is 0 Å². The highest BCUT2D eigenvalue weighted by Crippen LogP contribution is 2.21. The highest BCUT2D eigenvalue weighted by atomic mass is 79.9. The zero-order valence-electron chi connectivity index (χ0n) is 12.8. The Balaban J connectivity index is 2.06. The summed E-state index contributed by atoms with van der Waals surface area (Å²) in [7, 11) is -4.04. The van der Waals surface area contributed by atoms with Gasteiger partial charge in [-0.3, -0.25) is 4.79 Å². The second kappa shape index (κ2) is 7.89. The summed E-state index contributed by atoms with van der Waals surface area (Å²) < 4.78 is 54.1. The Kier molecular flexibility index (Phi) is 6.05. The van der Waals surface area contributed by atoms with Crippen LogP contribution in [0.1, 0.15) is 10.4 Å². The minimum atomic E-state index is -4.04. The number of esters is 1. The molecule has 0 atom stereocenters. The number of nitrogens with two attached hydrogens (primary N) is 1. The minimum Gasteiger partial charge on any atom is -0.452 e. The minimum absolute atomic E-state index is 0.179. The van der Waals surface area contributed by atoms with E-state index in [0.29, 0.717) is 0 Å². The molecule has 2 rings (SSSR count). The molecule has 0 saturated carbocycles. The first-order chi connectivity index (χ1) is 12.1. The quantitative estimate of drug-likeness (QED) is 0.679. The van der Waals surface area contributed by atoms with Crippen molar-refractivity contribution >= 4 is 43.5 Å². The Bertz CT molecular complexity index is 982. The lowest BCUT2D eigenvalue weighted by molar-refractivity contribution is -0.119. The van der Waals surface area contributed by atoms with Crippen LogP contribution in [-0.2, 0) is 19.6 Å². The van der Waals surface area contributed by atoms with Gasteiger partial charge in [-0.25, -0.2) is 27.1 Å². The standard InChI is InChI=1S/C15H11BrF2N2O5S/c16-11-3-2-9(26(19,23)24)6-10(11)15(22)25-7-14(21)20-13-5-8(17)1-4-12(13)18/h1-6H,7H2,(H,20,21)(H2,19,23,24). The lowest BCUT2D eigenvalue weighted by atomic mass is 10.2. The molecule has 0 radical (unpaired) electrons. The van der Waals surface area contributed by atoms with Crippen molar-refractivity contribution in [3.8, 4) is 0 Å². The molecular formula is C15H11BrF2N2O5S. The first kappa shape index (κ1) is 19.9. The van der Waals surface area contributed by atoms with Crippen LogP contribution >= 0.6 is 15.9 Å². The van der Waals surface area contributed by atoms with E-state index in [1.54, 1.807) is 0 Å². The first-order valence-electron chi connectivity index (χ1n) is 6.82. The highest BCUT2D eigenvalue weighted by molar-refractivity contribution is 9.10. The number of primary sulfonamides is 1. The third-order valence-corrected chi connectivity index (χ3v) is 4.63. The molecule has 11 heteroatoms. The summed E-state index contributed by atoms with van der Waals surface area (Å²) in [6.45, 7) is -0.805. The molecule has 0 aliphatic rings. The number of carbonyl (C=O) groups is 2. The van der Waals surface area contributed by atoms with Crippen LogP contribution < -0.4 is 10.5 Å². The topological polar surface area (TPSA) is 116 Å². The fourth-order valence-corrected chi connectivity index (χ4v) is 2.77. The zero-order chi connectivity index (χ0) is 19.5. The fourth-order valence-electron chi connectivity index (χ4n) is 1.83. The zero-order valence-corrected chi connectivity index (χ0v) is 15.2. The van der Waals surface area contributed by atoms with Gasteiger partial charge in [-0.05, 0) is 46.3 Å². The van der Waals surface area contributed by atoms with Crippen molar-refractivity contribution in [2.24, 2.45) is 5.14 Å². The molecule has 0 unspecified atom stereocenters. The summed E-state index contributed by atoms with van der Waals surface area (Å²) in [6, 6.07) is 5.90. The monoisotopic (exact) mass is 448 g/mol. The fraction of sp³-hybridized carbons (Fsp3) is 0.0667. The molecular weight excluding hydrogens is 438 g/mol. The van der Waals surface area contributed by atoms with Crippen molar-refractivity contribution < 1.29 is 31.5 Å². The molecule has 1 amide bonds.